The smallest absolute Gasteiger partial charge is 0.159 e. The third-order valence-corrected chi connectivity index (χ3v) is 2.53. The Balaban J connectivity index is 2.95. The maximum absolute atomic E-state index is 11.1. The Labute approximate surface area is 103 Å². The summed E-state index contributed by atoms with van der Waals surface area (Å²) in [6.07, 6.45) is 0.783. The zero-order valence-corrected chi connectivity index (χ0v) is 10.7. The van der Waals surface area contributed by atoms with E-state index in [1.807, 2.05) is 0 Å². The van der Waals surface area contributed by atoms with E-state index in [0.29, 0.717) is 10.6 Å². The highest BCUT2D eigenvalue weighted by molar-refractivity contribution is 9.09. The first-order valence-corrected chi connectivity index (χ1v) is 6.00. The lowest BCUT2D eigenvalue weighted by Gasteiger charge is -1.98. The number of carbonyl (C=O) groups is 1. The third-order valence-electron chi connectivity index (χ3n) is 1.82. The van der Waals surface area contributed by atoms with Gasteiger partial charge >= 0.3 is 0 Å². The monoisotopic (exact) mass is 284 g/mol. The van der Waals surface area contributed by atoms with Crippen molar-refractivity contribution < 1.29 is 4.79 Å². The van der Waals surface area contributed by atoms with Gasteiger partial charge in [0, 0.05) is 22.9 Å². The number of hydrogen-bond acceptors (Lipinski definition) is 1. The van der Waals surface area contributed by atoms with Gasteiger partial charge in [0.15, 0.2) is 5.78 Å². The van der Waals surface area contributed by atoms with Crippen molar-refractivity contribution in [2.24, 2.45) is 0 Å². The second-order valence-corrected chi connectivity index (χ2v) is 4.19. The number of Topliss-reactive ketones (excluding diaryl/α,β-unsaturated/α-hetero) is 1. The van der Waals surface area contributed by atoms with Gasteiger partial charge in [-0.05, 0) is 19.1 Å². The highest BCUT2D eigenvalue weighted by Gasteiger charge is 2.02. The van der Waals surface area contributed by atoms with E-state index in [4.69, 9.17) is 11.6 Å². The zero-order valence-electron chi connectivity index (χ0n) is 8.31. The summed E-state index contributed by atoms with van der Waals surface area (Å²) < 4.78 is 0. The van der Waals surface area contributed by atoms with Gasteiger partial charge < -0.3 is 0 Å². The molecule has 1 nitrogen and oxygen atoms in total. The molecule has 0 unspecified atom stereocenters. The van der Waals surface area contributed by atoms with Crippen molar-refractivity contribution >= 4 is 33.3 Å². The number of halogens is 2. The second kappa shape index (κ2) is 5.95. The van der Waals surface area contributed by atoms with Gasteiger partial charge in [-0.3, -0.25) is 4.79 Å². The summed E-state index contributed by atoms with van der Waals surface area (Å²) in [7, 11) is 0. The van der Waals surface area contributed by atoms with Gasteiger partial charge in [0.25, 0.3) is 0 Å². The van der Waals surface area contributed by atoms with E-state index in [1.54, 1.807) is 18.2 Å². The topological polar surface area (TPSA) is 17.1 Å². The highest BCUT2D eigenvalue weighted by Crippen LogP contribution is 2.17. The van der Waals surface area contributed by atoms with Crippen LogP contribution in [0, 0.1) is 11.8 Å². The van der Waals surface area contributed by atoms with Crippen LogP contribution < -0.4 is 0 Å². The minimum atomic E-state index is 0.0110. The van der Waals surface area contributed by atoms with E-state index in [9.17, 15) is 4.79 Å². The number of benzene rings is 1. The van der Waals surface area contributed by atoms with Crippen LogP contribution in [0.2, 0.25) is 5.02 Å². The average molecular weight is 286 g/mol. The average Bonchev–Trinajstić information content (AvgIpc) is 2.20. The van der Waals surface area contributed by atoms with Crippen LogP contribution in [0.3, 0.4) is 0 Å². The predicted molar refractivity (Wildman–Crippen MR) is 66.7 cm³/mol. The highest BCUT2D eigenvalue weighted by atomic mass is 79.9. The molecule has 0 spiro atoms. The fraction of sp³-hybridized carbons (Fsp3) is 0.250. The van der Waals surface area contributed by atoms with Crippen LogP contribution in [0.5, 0.6) is 0 Å². The molecule has 1 rings (SSSR count). The minimum absolute atomic E-state index is 0.0110. The maximum atomic E-state index is 11.1. The molecule has 3 heteroatoms. The summed E-state index contributed by atoms with van der Waals surface area (Å²) in [6.45, 7) is 1.52. The van der Waals surface area contributed by atoms with Gasteiger partial charge in [-0.25, -0.2) is 0 Å². The minimum Gasteiger partial charge on any atom is -0.295 e. The lowest BCUT2D eigenvalue weighted by atomic mass is 10.1. The summed E-state index contributed by atoms with van der Waals surface area (Å²) in [4.78, 5) is 11.1. The largest absolute Gasteiger partial charge is 0.295 e. The van der Waals surface area contributed by atoms with E-state index >= 15 is 0 Å². The molecule has 1 aromatic rings. The Morgan fingerprint density at radius 3 is 2.80 bits per heavy atom. The van der Waals surface area contributed by atoms with Gasteiger partial charge in [-0.15, -0.1) is 0 Å². The van der Waals surface area contributed by atoms with Crippen molar-refractivity contribution in [3.63, 3.8) is 0 Å². The molecule has 0 bridgehead atoms. The Bertz CT molecular complexity index is 429. The standard InChI is InChI=1S/C12H10BrClO/c1-9(15)11-6-5-10(12(14)8-11)4-2-3-7-13/h5-6,8H,3,7H2,1H3. The first-order valence-electron chi connectivity index (χ1n) is 4.50. The van der Waals surface area contributed by atoms with Crippen molar-refractivity contribution in [2.75, 3.05) is 5.33 Å². The van der Waals surface area contributed by atoms with Gasteiger partial charge in [0.2, 0.25) is 0 Å². The normalized spacial score (nSPS) is 9.27. The van der Waals surface area contributed by atoms with E-state index in [1.165, 1.54) is 6.92 Å². The molecule has 0 N–H and O–H groups in total. The summed E-state index contributed by atoms with van der Waals surface area (Å²) in [6, 6.07) is 5.18. The third kappa shape index (κ3) is 3.70. The summed E-state index contributed by atoms with van der Waals surface area (Å²) in [5.74, 6) is 5.94. The number of ketones is 1. The van der Waals surface area contributed by atoms with Crippen molar-refractivity contribution in [1.29, 1.82) is 0 Å². The SMILES string of the molecule is CC(=O)c1ccc(C#CCCBr)c(Cl)c1. The fourth-order valence-corrected chi connectivity index (χ4v) is 1.47. The van der Waals surface area contributed by atoms with Gasteiger partial charge in [-0.1, -0.05) is 45.4 Å². The van der Waals surface area contributed by atoms with Crippen LogP contribution in [0.1, 0.15) is 29.3 Å². The van der Waals surface area contributed by atoms with Crippen molar-refractivity contribution in [2.45, 2.75) is 13.3 Å². The van der Waals surface area contributed by atoms with Crippen LogP contribution in [-0.2, 0) is 0 Å². The molecule has 1 aromatic carbocycles. The van der Waals surface area contributed by atoms with E-state index in [-0.39, 0.29) is 5.78 Å². The van der Waals surface area contributed by atoms with Crippen molar-refractivity contribution in [3.05, 3.63) is 34.3 Å². The Morgan fingerprint density at radius 1 is 1.53 bits per heavy atom. The lowest BCUT2D eigenvalue weighted by molar-refractivity contribution is 0.101. The molecule has 0 radical (unpaired) electrons. The van der Waals surface area contributed by atoms with Crippen molar-refractivity contribution in [1.82, 2.24) is 0 Å². The van der Waals surface area contributed by atoms with E-state index < -0.39 is 0 Å². The maximum Gasteiger partial charge on any atom is 0.159 e. The Kier molecular flexibility index (Phi) is 4.87. The summed E-state index contributed by atoms with van der Waals surface area (Å²) in [5, 5.41) is 1.38. The molecule has 0 fully saturated rings. The molecule has 0 saturated carbocycles. The molecule has 0 amide bonds. The van der Waals surface area contributed by atoms with E-state index in [0.717, 1.165) is 17.3 Å². The summed E-state index contributed by atoms with van der Waals surface area (Å²) in [5.41, 5.74) is 1.38. The molecule has 0 saturated heterocycles. The Morgan fingerprint density at radius 2 is 2.27 bits per heavy atom. The lowest BCUT2D eigenvalue weighted by Crippen LogP contribution is -1.92. The number of alkyl halides is 1. The van der Waals surface area contributed by atoms with Crippen LogP contribution in [-0.4, -0.2) is 11.1 Å². The molecule has 0 aromatic heterocycles. The van der Waals surface area contributed by atoms with Gasteiger partial charge in [-0.2, -0.15) is 0 Å². The first kappa shape index (κ1) is 12.3. The Hall–Kier alpha value is -0.780. The molecule has 0 atom stereocenters. The van der Waals surface area contributed by atoms with Gasteiger partial charge in [0.1, 0.15) is 0 Å². The molecule has 0 aliphatic carbocycles. The van der Waals surface area contributed by atoms with Crippen LogP contribution in [0.4, 0.5) is 0 Å². The molecule has 0 aliphatic heterocycles. The van der Waals surface area contributed by atoms with Gasteiger partial charge in [0.05, 0.1) is 5.02 Å². The molecule has 0 heterocycles. The van der Waals surface area contributed by atoms with Crippen LogP contribution >= 0.6 is 27.5 Å². The van der Waals surface area contributed by atoms with Crippen LogP contribution in [0.15, 0.2) is 18.2 Å². The molecule has 78 valence electrons. The molecular formula is C12H10BrClO. The number of rotatable bonds is 2. The fourth-order valence-electron chi connectivity index (χ4n) is 1.04. The predicted octanol–water partition coefficient (Wildman–Crippen LogP) is 3.68. The molecule has 15 heavy (non-hydrogen) atoms. The quantitative estimate of drug-likeness (QED) is 0.460. The molecule has 0 aliphatic rings. The second-order valence-electron chi connectivity index (χ2n) is 2.99. The molecular weight excluding hydrogens is 275 g/mol. The van der Waals surface area contributed by atoms with E-state index in [2.05, 4.69) is 27.8 Å². The number of carbonyl (C=O) groups excluding carboxylic acids is 1. The zero-order chi connectivity index (χ0) is 11.3. The number of hydrogen-bond donors (Lipinski definition) is 0. The van der Waals surface area contributed by atoms with Crippen LogP contribution in [0.25, 0.3) is 0 Å². The first-order chi connectivity index (χ1) is 7.15. The van der Waals surface area contributed by atoms with Crippen molar-refractivity contribution in [3.8, 4) is 11.8 Å². The summed E-state index contributed by atoms with van der Waals surface area (Å²) >= 11 is 9.28.